The van der Waals surface area contributed by atoms with E-state index in [1.807, 2.05) is 31.2 Å². The second-order valence-corrected chi connectivity index (χ2v) is 4.78. The zero-order valence-electron chi connectivity index (χ0n) is 11.6. The van der Waals surface area contributed by atoms with Crippen LogP contribution in [0.2, 0.25) is 0 Å². The van der Waals surface area contributed by atoms with Crippen LogP contribution in [-0.4, -0.2) is 24.9 Å². The molecule has 18 heavy (non-hydrogen) atoms. The molecular weight excluding hydrogens is 228 g/mol. The summed E-state index contributed by atoms with van der Waals surface area (Å²) in [5.74, 6) is 1.29. The van der Waals surface area contributed by atoms with Crippen molar-refractivity contribution in [2.45, 2.75) is 33.3 Å². The normalized spacial score (nSPS) is 12.7. The third-order valence-corrected chi connectivity index (χ3v) is 2.60. The van der Waals surface area contributed by atoms with E-state index < -0.39 is 6.10 Å². The van der Waals surface area contributed by atoms with Crippen LogP contribution in [-0.2, 0) is 4.74 Å². The standard InChI is InChI=1S/C15H24O3/c1-4-14(16)13-7-5-6-8-15(13)18-10-9-17-11-12(2)3/h5-8,12,14,16H,4,9-11H2,1-3H3. The molecule has 0 aliphatic carbocycles. The van der Waals surface area contributed by atoms with Crippen LogP contribution in [0.4, 0.5) is 0 Å². The molecule has 3 heteroatoms. The highest BCUT2D eigenvalue weighted by Crippen LogP contribution is 2.26. The summed E-state index contributed by atoms with van der Waals surface area (Å²) in [7, 11) is 0. The molecule has 102 valence electrons. The largest absolute Gasteiger partial charge is 0.491 e. The van der Waals surface area contributed by atoms with E-state index in [0.29, 0.717) is 25.6 Å². The molecule has 3 nitrogen and oxygen atoms in total. The number of ether oxygens (including phenoxy) is 2. The highest BCUT2D eigenvalue weighted by molar-refractivity contribution is 5.34. The van der Waals surface area contributed by atoms with Gasteiger partial charge in [-0.05, 0) is 18.4 Å². The average molecular weight is 252 g/mol. The van der Waals surface area contributed by atoms with Gasteiger partial charge >= 0.3 is 0 Å². The molecule has 1 rings (SSSR count). The molecule has 0 aromatic heterocycles. The van der Waals surface area contributed by atoms with Crippen molar-refractivity contribution in [1.29, 1.82) is 0 Å². The highest BCUT2D eigenvalue weighted by atomic mass is 16.5. The Bertz CT molecular complexity index is 336. The van der Waals surface area contributed by atoms with Gasteiger partial charge < -0.3 is 14.6 Å². The number of aliphatic hydroxyl groups excluding tert-OH is 1. The summed E-state index contributed by atoms with van der Waals surface area (Å²) in [4.78, 5) is 0. The molecule has 0 saturated heterocycles. The fourth-order valence-electron chi connectivity index (χ4n) is 1.64. The molecule has 1 aromatic rings. The maximum absolute atomic E-state index is 9.87. The number of benzene rings is 1. The Balaban J connectivity index is 2.42. The summed E-state index contributed by atoms with van der Waals surface area (Å²) in [6.07, 6.45) is 0.224. The van der Waals surface area contributed by atoms with Gasteiger partial charge in [-0.25, -0.2) is 0 Å². The van der Waals surface area contributed by atoms with Crippen LogP contribution >= 0.6 is 0 Å². The van der Waals surface area contributed by atoms with Gasteiger partial charge in [0.15, 0.2) is 0 Å². The summed E-state index contributed by atoms with van der Waals surface area (Å²) >= 11 is 0. The molecule has 1 N–H and O–H groups in total. The van der Waals surface area contributed by atoms with Crippen molar-refractivity contribution in [3.8, 4) is 5.75 Å². The summed E-state index contributed by atoms with van der Waals surface area (Å²) in [6, 6.07) is 7.61. The Kier molecular flexibility index (Phi) is 6.76. The lowest BCUT2D eigenvalue weighted by Crippen LogP contribution is -2.11. The van der Waals surface area contributed by atoms with Gasteiger partial charge in [-0.15, -0.1) is 0 Å². The number of rotatable bonds is 8. The van der Waals surface area contributed by atoms with Crippen LogP contribution in [0.1, 0.15) is 38.9 Å². The fraction of sp³-hybridized carbons (Fsp3) is 0.600. The van der Waals surface area contributed by atoms with E-state index in [2.05, 4.69) is 13.8 Å². The van der Waals surface area contributed by atoms with Gasteiger partial charge in [0.25, 0.3) is 0 Å². The van der Waals surface area contributed by atoms with E-state index >= 15 is 0 Å². The lowest BCUT2D eigenvalue weighted by Gasteiger charge is -2.15. The number of hydrogen-bond acceptors (Lipinski definition) is 3. The summed E-state index contributed by atoms with van der Waals surface area (Å²) in [6.45, 7) is 8.03. The fourth-order valence-corrected chi connectivity index (χ4v) is 1.64. The molecule has 1 aromatic carbocycles. The molecule has 0 spiro atoms. The Morgan fingerprint density at radius 1 is 1.17 bits per heavy atom. The average Bonchev–Trinajstić information content (AvgIpc) is 2.37. The number of para-hydroxylation sites is 1. The van der Waals surface area contributed by atoms with Crippen LogP contribution in [0.25, 0.3) is 0 Å². The third kappa shape index (κ3) is 5.07. The molecule has 0 fully saturated rings. The highest BCUT2D eigenvalue weighted by Gasteiger charge is 2.10. The van der Waals surface area contributed by atoms with E-state index in [1.54, 1.807) is 0 Å². The maximum Gasteiger partial charge on any atom is 0.125 e. The monoisotopic (exact) mass is 252 g/mol. The maximum atomic E-state index is 9.87. The van der Waals surface area contributed by atoms with Gasteiger partial charge in [0.05, 0.1) is 12.7 Å². The Morgan fingerprint density at radius 2 is 1.89 bits per heavy atom. The van der Waals surface area contributed by atoms with Gasteiger partial charge in [0, 0.05) is 12.2 Å². The first-order valence-electron chi connectivity index (χ1n) is 6.62. The predicted octanol–water partition coefficient (Wildman–Crippen LogP) is 3.18. The third-order valence-electron chi connectivity index (χ3n) is 2.60. The zero-order valence-corrected chi connectivity index (χ0v) is 11.6. The van der Waals surface area contributed by atoms with Crippen molar-refractivity contribution >= 4 is 0 Å². The van der Waals surface area contributed by atoms with Gasteiger partial charge in [0.1, 0.15) is 12.4 Å². The van der Waals surface area contributed by atoms with Crippen molar-refractivity contribution in [2.75, 3.05) is 19.8 Å². The van der Waals surface area contributed by atoms with E-state index in [4.69, 9.17) is 9.47 Å². The Morgan fingerprint density at radius 3 is 2.56 bits per heavy atom. The van der Waals surface area contributed by atoms with Crippen LogP contribution < -0.4 is 4.74 Å². The zero-order chi connectivity index (χ0) is 13.4. The van der Waals surface area contributed by atoms with Gasteiger partial charge in [-0.3, -0.25) is 0 Å². The number of hydrogen-bond donors (Lipinski definition) is 1. The quantitative estimate of drug-likeness (QED) is 0.722. The van der Waals surface area contributed by atoms with E-state index in [9.17, 15) is 5.11 Å². The summed E-state index contributed by atoms with van der Waals surface area (Å²) < 4.78 is 11.1. The van der Waals surface area contributed by atoms with Gasteiger partial charge in [-0.1, -0.05) is 39.0 Å². The first-order valence-corrected chi connectivity index (χ1v) is 6.62. The molecule has 0 radical (unpaired) electrons. The van der Waals surface area contributed by atoms with E-state index in [0.717, 1.165) is 17.9 Å². The van der Waals surface area contributed by atoms with Crippen LogP contribution in [0, 0.1) is 5.92 Å². The van der Waals surface area contributed by atoms with E-state index in [1.165, 1.54) is 0 Å². The Labute approximate surface area is 110 Å². The van der Waals surface area contributed by atoms with Crippen molar-refractivity contribution in [1.82, 2.24) is 0 Å². The SMILES string of the molecule is CCC(O)c1ccccc1OCCOCC(C)C. The van der Waals surface area contributed by atoms with E-state index in [-0.39, 0.29) is 0 Å². The minimum absolute atomic E-state index is 0.460. The first kappa shape index (κ1) is 15.0. The predicted molar refractivity (Wildman–Crippen MR) is 72.8 cm³/mol. The molecule has 1 unspecified atom stereocenters. The topological polar surface area (TPSA) is 38.7 Å². The van der Waals surface area contributed by atoms with Crippen LogP contribution in [0.5, 0.6) is 5.75 Å². The molecule has 0 amide bonds. The summed E-state index contributed by atoms with van der Waals surface area (Å²) in [5, 5.41) is 9.87. The van der Waals surface area contributed by atoms with Gasteiger partial charge in [-0.2, -0.15) is 0 Å². The minimum atomic E-state index is -0.460. The van der Waals surface area contributed by atoms with Crippen LogP contribution in [0.3, 0.4) is 0 Å². The molecular formula is C15H24O3. The lowest BCUT2D eigenvalue weighted by atomic mass is 10.1. The Hall–Kier alpha value is -1.06. The van der Waals surface area contributed by atoms with Gasteiger partial charge in [0.2, 0.25) is 0 Å². The molecule has 0 bridgehead atoms. The number of aliphatic hydroxyl groups is 1. The molecule has 0 aliphatic rings. The molecule has 0 aliphatic heterocycles. The van der Waals surface area contributed by atoms with Crippen molar-refractivity contribution in [3.05, 3.63) is 29.8 Å². The molecule has 1 atom stereocenters. The second-order valence-electron chi connectivity index (χ2n) is 4.78. The van der Waals surface area contributed by atoms with Crippen molar-refractivity contribution in [2.24, 2.45) is 5.92 Å². The smallest absolute Gasteiger partial charge is 0.125 e. The second kappa shape index (κ2) is 8.11. The first-order chi connectivity index (χ1) is 8.65. The minimum Gasteiger partial charge on any atom is -0.491 e. The van der Waals surface area contributed by atoms with Crippen LogP contribution in [0.15, 0.2) is 24.3 Å². The molecule has 0 saturated carbocycles. The molecule has 0 heterocycles. The summed E-state index contributed by atoms with van der Waals surface area (Å²) in [5.41, 5.74) is 0.851. The van der Waals surface area contributed by atoms with Crippen molar-refractivity contribution in [3.63, 3.8) is 0 Å². The lowest BCUT2D eigenvalue weighted by molar-refractivity contribution is 0.0802. The van der Waals surface area contributed by atoms with Crippen molar-refractivity contribution < 1.29 is 14.6 Å².